The Balaban J connectivity index is 0.000000240. The highest BCUT2D eigenvalue weighted by atomic mass is 16.3. The monoisotopic (exact) mass is 330 g/mol. The lowest BCUT2D eigenvalue weighted by Crippen LogP contribution is -2.21. The molecular weight excluding hydrogens is 300 g/mol. The number of rotatable bonds is 6. The minimum absolute atomic E-state index is 0.333. The van der Waals surface area contributed by atoms with Gasteiger partial charge in [0.1, 0.15) is 11.5 Å². The van der Waals surface area contributed by atoms with Crippen LogP contribution in [0.3, 0.4) is 0 Å². The van der Waals surface area contributed by atoms with Crippen LogP contribution in [0.2, 0.25) is 0 Å². The Kier molecular flexibility index (Phi) is 8.55. The number of nitrogens with zero attached hydrogens (tertiary/aromatic N) is 2. The molecule has 4 nitrogen and oxygen atoms in total. The minimum atomic E-state index is 0.333. The van der Waals surface area contributed by atoms with E-state index in [4.69, 9.17) is 0 Å². The van der Waals surface area contributed by atoms with E-state index >= 15 is 0 Å². The molecule has 0 aliphatic rings. The second-order valence-corrected chi connectivity index (χ2v) is 5.38. The van der Waals surface area contributed by atoms with Crippen molar-refractivity contribution in [2.45, 2.75) is 27.7 Å². The quantitative estimate of drug-likeness (QED) is 0.820. The molecule has 0 atom stereocenters. The lowest BCUT2D eigenvalue weighted by Gasteiger charge is -2.20. The summed E-state index contributed by atoms with van der Waals surface area (Å²) in [6.45, 7) is 12.3. The minimum Gasteiger partial charge on any atom is -0.508 e. The Labute approximate surface area is 146 Å². The number of hydrogen-bond acceptors (Lipinski definition) is 4. The van der Waals surface area contributed by atoms with E-state index in [2.05, 4.69) is 37.5 Å². The largest absolute Gasteiger partial charge is 0.508 e. The van der Waals surface area contributed by atoms with Gasteiger partial charge in [-0.3, -0.25) is 0 Å². The van der Waals surface area contributed by atoms with Gasteiger partial charge in [-0.05, 0) is 52.0 Å². The molecule has 0 unspecified atom stereocenters. The van der Waals surface area contributed by atoms with E-state index < -0.39 is 0 Å². The van der Waals surface area contributed by atoms with Gasteiger partial charge in [0.05, 0.1) is 0 Å². The topological polar surface area (TPSA) is 46.9 Å². The van der Waals surface area contributed by atoms with E-state index in [9.17, 15) is 10.2 Å². The zero-order valence-electron chi connectivity index (χ0n) is 15.2. The van der Waals surface area contributed by atoms with Crippen molar-refractivity contribution < 1.29 is 10.2 Å². The molecule has 0 saturated heterocycles. The van der Waals surface area contributed by atoms with Crippen LogP contribution in [0.25, 0.3) is 0 Å². The molecule has 0 aromatic heterocycles. The molecule has 0 fully saturated rings. The van der Waals surface area contributed by atoms with Gasteiger partial charge in [-0.1, -0.05) is 12.1 Å². The maximum Gasteiger partial charge on any atom is 0.117 e. The fraction of sp³-hybridized carbons (Fsp3) is 0.400. The highest BCUT2D eigenvalue weighted by Gasteiger charge is 2.01. The van der Waals surface area contributed by atoms with Crippen molar-refractivity contribution >= 4 is 11.4 Å². The first-order valence-electron chi connectivity index (χ1n) is 8.63. The van der Waals surface area contributed by atoms with E-state index in [1.807, 2.05) is 24.3 Å². The van der Waals surface area contributed by atoms with Crippen LogP contribution in [0.4, 0.5) is 11.4 Å². The molecule has 2 N–H and O–H groups in total. The van der Waals surface area contributed by atoms with Crippen LogP contribution < -0.4 is 9.80 Å². The Morgan fingerprint density at radius 3 is 1.21 bits per heavy atom. The molecule has 132 valence electrons. The van der Waals surface area contributed by atoms with Crippen molar-refractivity contribution in [2.24, 2.45) is 0 Å². The Morgan fingerprint density at radius 2 is 0.958 bits per heavy atom. The summed E-state index contributed by atoms with van der Waals surface area (Å²) >= 11 is 0. The fourth-order valence-corrected chi connectivity index (χ4v) is 2.56. The molecule has 0 bridgehead atoms. The van der Waals surface area contributed by atoms with Crippen molar-refractivity contribution in [2.75, 3.05) is 36.0 Å². The van der Waals surface area contributed by atoms with E-state index in [1.165, 1.54) is 0 Å². The van der Waals surface area contributed by atoms with Crippen LogP contribution in [-0.2, 0) is 0 Å². The van der Waals surface area contributed by atoms with Crippen molar-refractivity contribution in [1.29, 1.82) is 0 Å². The first-order valence-corrected chi connectivity index (χ1v) is 8.63. The molecule has 0 amide bonds. The standard InChI is InChI=1S/2C10H15NO/c2*1-3-11(4-2)9-6-5-7-10(12)8-9/h2*5-8,12H,3-4H2,1-2H3. The number of phenols is 2. The molecule has 0 aliphatic heterocycles. The number of anilines is 2. The molecule has 2 rings (SSSR count). The van der Waals surface area contributed by atoms with Crippen LogP contribution in [0.15, 0.2) is 48.5 Å². The van der Waals surface area contributed by atoms with Crippen LogP contribution in [-0.4, -0.2) is 36.4 Å². The van der Waals surface area contributed by atoms with E-state index in [1.54, 1.807) is 24.3 Å². The maximum absolute atomic E-state index is 9.23. The lowest BCUT2D eigenvalue weighted by molar-refractivity contribution is 0.474. The zero-order valence-corrected chi connectivity index (χ0v) is 15.2. The molecule has 2 aromatic rings. The van der Waals surface area contributed by atoms with E-state index in [0.29, 0.717) is 11.5 Å². The second kappa shape index (κ2) is 10.4. The number of phenolic OH excluding ortho intramolecular Hbond substituents is 2. The second-order valence-electron chi connectivity index (χ2n) is 5.38. The third-order valence-corrected chi connectivity index (χ3v) is 3.92. The van der Waals surface area contributed by atoms with Gasteiger partial charge in [-0.15, -0.1) is 0 Å². The molecule has 0 aliphatic carbocycles. The van der Waals surface area contributed by atoms with Gasteiger partial charge in [-0.2, -0.15) is 0 Å². The summed E-state index contributed by atoms with van der Waals surface area (Å²) in [4.78, 5) is 4.39. The normalized spacial score (nSPS) is 9.83. The Bertz CT molecular complexity index is 540. The molecule has 0 spiro atoms. The van der Waals surface area contributed by atoms with Crippen molar-refractivity contribution in [1.82, 2.24) is 0 Å². The molecule has 0 heterocycles. The Hall–Kier alpha value is -2.36. The fourth-order valence-electron chi connectivity index (χ4n) is 2.56. The smallest absolute Gasteiger partial charge is 0.117 e. The van der Waals surface area contributed by atoms with Gasteiger partial charge in [-0.25, -0.2) is 0 Å². The average Bonchev–Trinajstić information content (AvgIpc) is 2.58. The molecule has 4 heteroatoms. The SMILES string of the molecule is CCN(CC)c1cccc(O)c1.CCN(CC)c1cccc(O)c1. The third-order valence-electron chi connectivity index (χ3n) is 3.92. The summed E-state index contributed by atoms with van der Waals surface area (Å²) in [6.07, 6.45) is 0. The predicted molar refractivity (Wildman–Crippen MR) is 103 cm³/mol. The highest BCUT2D eigenvalue weighted by molar-refractivity contribution is 5.50. The summed E-state index contributed by atoms with van der Waals surface area (Å²) in [6, 6.07) is 14.7. The van der Waals surface area contributed by atoms with Crippen LogP contribution >= 0.6 is 0 Å². The molecule has 0 radical (unpaired) electrons. The number of aromatic hydroxyl groups is 2. The van der Waals surface area contributed by atoms with Gasteiger partial charge in [0.2, 0.25) is 0 Å². The van der Waals surface area contributed by atoms with Crippen LogP contribution in [0.5, 0.6) is 11.5 Å². The zero-order chi connectivity index (χ0) is 17.9. The number of benzene rings is 2. The van der Waals surface area contributed by atoms with Crippen molar-refractivity contribution in [3.63, 3.8) is 0 Å². The van der Waals surface area contributed by atoms with E-state index in [0.717, 1.165) is 37.6 Å². The van der Waals surface area contributed by atoms with Crippen LogP contribution in [0.1, 0.15) is 27.7 Å². The highest BCUT2D eigenvalue weighted by Crippen LogP contribution is 2.20. The molecule has 0 saturated carbocycles. The first-order chi connectivity index (χ1) is 11.5. The average molecular weight is 330 g/mol. The predicted octanol–water partition coefficient (Wildman–Crippen LogP) is 4.48. The van der Waals surface area contributed by atoms with Gasteiger partial charge < -0.3 is 20.0 Å². The van der Waals surface area contributed by atoms with Crippen LogP contribution in [0, 0.1) is 0 Å². The summed E-state index contributed by atoms with van der Waals surface area (Å²) in [5.74, 6) is 0.666. The molecule has 2 aromatic carbocycles. The summed E-state index contributed by atoms with van der Waals surface area (Å²) < 4.78 is 0. The first kappa shape index (κ1) is 19.7. The van der Waals surface area contributed by atoms with Crippen molar-refractivity contribution in [3.8, 4) is 11.5 Å². The van der Waals surface area contributed by atoms with Crippen molar-refractivity contribution in [3.05, 3.63) is 48.5 Å². The summed E-state index contributed by atoms with van der Waals surface area (Å²) in [5.41, 5.74) is 2.17. The lowest BCUT2D eigenvalue weighted by atomic mass is 10.2. The maximum atomic E-state index is 9.23. The molecular formula is C20H30N2O2. The Morgan fingerprint density at radius 1 is 0.625 bits per heavy atom. The van der Waals surface area contributed by atoms with Gasteiger partial charge >= 0.3 is 0 Å². The van der Waals surface area contributed by atoms with E-state index in [-0.39, 0.29) is 0 Å². The van der Waals surface area contributed by atoms with Gasteiger partial charge in [0.15, 0.2) is 0 Å². The summed E-state index contributed by atoms with van der Waals surface area (Å²) in [7, 11) is 0. The van der Waals surface area contributed by atoms with Gasteiger partial charge in [0.25, 0.3) is 0 Å². The summed E-state index contributed by atoms with van der Waals surface area (Å²) in [5, 5.41) is 18.5. The van der Waals surface area contributed by atoms with Gasteiger partial charge in [0, 0.05) is 49.7 Å². The number of hydrogen-bond donors (Lipinski definition) is 2. The molecule has 24 heavy (non-hydrogen) atoms. The third kappa shape index (κ3) is 6.03.